The number of nitrogens with zero attached hydrogens (tertiary/aromatic N) is 1. The average Bonchev–Trinajstić information content (AvgIpc) is 2.14. The first kappa shape index (κ1) is 8.74. The minimum absolute atomic E-state index is 0.139. The van der Waals surface area contributed by atoms with Crippen LogP contribution in [-0.4, -0.2) is 17.9 Å². The van der Waals surface area contributed by atoms with Crippen LogP contribution in [0.3, 0.4) is 0 Å². The quantitative estimate of drug-likeness (QED) is 0.522. The summed E-state index contributed by atoms with van der Waals surface area (Å²) < 4.78 is 0. The lowest BCUT2D eigenvalue weighted by molar-refractivity contribution is 0.308. The molecule has 0 unspecified atom stereocenters. The van der Waals surface area contributed by atoms with E-state index in [-0.39, 0.29) is 6.61 Å². The fourth-order valence-corrected chi connectivity index (χ4v) is 0.755. The Kier molecular flexibility index (Phi) is 3.88. The number of benzene rings is 1. The van der Waals surface area contributed by atoms with Crippen molar-refractivity contribution < 1.29 is 5.11 Å². The Morgan fingerprint density at radius 3 is 2.75 bits per heavy atom. The molecule has 3 nitrogen and oxygen atoms in total. The van der Waals surface area contributed by atoms with Crippen LogP contribution in [-0.2, 0) is 0 Å². The topological polar surface area (TPSA) is 44.6 Å². The Balaban J connectivity index is 2.33. The van der Waals surface area contributed by atoms with E-state index in [9.17, 15) is 0 Å². The van der Waals surface area contributed by atoms with Crippen molar-refractivity contribution in [3.63, 3.8) is 0 Å². The van der Waals surface area contributed by atoms with Crippen molar-refractivity contribution in [1.29, 1.82) is 0 Å². The number of para-hydroxylation sites is 1. The van der Waals surface area contributed by atoms with Crippen LogP contribution in [0.5, 0.6) is 0 Å². The molecule has 0 saturated heterocycles. The van der Waals surface area contributed by atoms with Gasteiger partial charge in [-0.25, -0.2) is 0 Å². The molecule has 1 aromatic carbocycles. The molecule has 0 fully saturated rings. The molecule has 0 radical (unpaired) electrons. The zero-order valence-corrected chi connectivity index (χ0v) is 6.77. The van der Waals surface area contributed by atoms with Crippen LogP contribution in [0.15, 0.2) is 35.4 Å². The second-order valence-electron chi connectivity index (χ2n) is 2.30. The molecular weight excluding hydrogens is 152 g/mol. The first-order valence-corrected chi connectivity index (χ1v) is 3.87. The van der Waals surface area contributed by atoms with Gasteiger partial charge in [0, 0.05) is 19.2 Å². The van der Waals surface area contributed by atoms with Crippen LogP contribution in [0, 0.1) is 0 Å². The standard InChI is InChI=1S/C9H12N2O/c12-8-4-7-10-11-9-5-2-1-3-6-9/h1-3,5-7,11-12H,4,8H2/b10-7+. The number of aliphatic hydroxyl groups is 1. The van der Waals surface area contributed by atoms with E-state index in [1.54, 1.807) is 6.21 Å². The van der Waals surface area contributed by atoms with Gasteiger partial charge in [-0.1, -0.05) is 18.2 Å². The molecular formula is C9H12N2O. The fourth-order valence-electron chi connectivity index (χ4n) is 0.755. The van der Waals surface area contributed by atoms with E-state index in [2.05, 4.69) is 10.5 Å². The molecule has 0 bridgehead atoms. The zero-order chi connectivity index (χ0) is 8.65. The molecule has 0 saturated carbocycles. The molecule has 64 valence electrons. The summed E-state index contributed by atoms with van der Waals surface area (Å²) in [7, 11) is 0. The van der Waals surface area contributed by atoms with Crippen molar-refractivity contribution in [3.05, 3.63) is 30.3 Å². The molecule has 3 heteroatoms. The number of rotatable bonds is 4. The summed E-state index contributed by atoms with van der Waals surface area (Å²) in [6, 6.07) is 9.67. The minimum Gasteiger partial charge on any atom is -0.396 e. The summed E-state index contributed by atoms with van der Waals surface area (Å²) in [6.07, 6.45) is 2.23. The van der Waals surface area contributed by atoms with Crippen LogP contribution in [0.1, 0.15) is 6.42 Å². The van der Waals surface area contributed by atoms with E-state index in [4.69, 9.17) is 5.11 Å². The largest absolute Gasteiger partial charge is 0.396 e. The minimum atomic E-state index is 0.139. The smallest absolute Gasteiger partial charge is 0.0561 e. The monoisotopic (exact) mass is 164 g/mol. The normalized spacial score (nSPS) is 10.4. The summed E-state index contributed by atoms with van der Waals surface area (Å²) in [5.74, 6) is 0. The van der Waals surface area contributed by atoms with E-state index in [1.807, 2.05) is 30.3 Å². The van der Waals surface area contributed by atoms with Gasteiger partial charge < -0.3 is 5.11 Å². The first-order chi connectivity index (χ1) is 5.93. The van der Waals surface area contributed by atoms with Crippen LogP contribution in [0.4, 0.5) is 5.69 Å². The molecule has 1 aromatic rings. The molecule has 0 spiro atoms. The van der Waals surface area contributed by atoms with Gasteiger partial charge in [-0.3, -0.25) is 5.43 Å². The summed E-state index contributed by atoms with van der Waals surface area (Å²) in [5, 5.41) is 12.3. The van der Waals surface area contributed by atoms with Gasteiger partial charge >= 0.3 is 0 Å². The summed E-state index contributed by atoms with van der Waals surface area (Å²) in [4.78, 5) is 0. The molecule has 0 aliphatic carbocycles. The Hall–Kier alpha value is -1.35. The number of nitrogens with one attached hydrogen (secondary N) is 1. The van der Waals surface area contributed by atoms with Crippen molar-refractivity contribution in [2.24, 2.45) is 5.10 Å². The van der Waals surface area contributed by atoms with E-state index >= 15 is 0 Å². The maximum atomic E-state index is 8.44. The Morgan fingerprint density at radius 1 is 1.33 bits per heavy atom. The first-order valence-electron chi connectivity index (χ1n) is 3.87. The second kappa shape index (κ2) is 5.32. The highest BCUT2D eigenvalue weighted by Gasteiger charge is 1.82. The van der Waals surface area contributed by atoms with E-state index in [0.717, 1.165) is 5.69 Å². The summed E-state index contributed by atoms with van der Waals surface area (Å²) in [5.41, 5.74) is 3.79. The number of hydrogen-bond acceptors (Lipinski definition) is 3. The molecule has 0 heterocycles. The predicted octanol–water partition coefficient (Wildman–Crippen LogP) is 1.47. The summed E-state index contributed by atoms with van der Waals surface area (Å²) in [6.45, 7) is 0.139. The number of anilines is 1. The Bertz CT molecular complexity index is 234. The molecule has 12 heavy (non-hydrogen) atoms. The van der Waals surface area contributed by atoms with E-state index in [0.29, 0.717) is 6.42 Å². The average molecular weight is 164 g/mol. The SMILES string of the molecule is OCC/C=N/Nc1ccccc1. The van der Waals surface area contributed by atoms with Crippen LogP contribution in [0.2, 0.25) is 0 Å². The lowest BCUT2D eigenvalue weighted by atomic mass is 10.3. The number of hydrazone groups is 1. The number of aliphatic hydroxyl groups excluding tert-OH is 1. The van der Waals surface area contributed by atoms with Crippen molar-refractivity contribution >= 4 is 11.9 Å². The third-order valence-electron chi connectivity index (χ3n) is 1.32. The van der Waals surface area contributed by atoms with E-state index in [1.165, 1.54) is 0 Å². The highest BCUT2D eigenvalue weighted by Crippen LogP contribution is 2.03. The van der Waals surface area contributed by atoms with Gasteiger partial charge in [-0.2, -0.15) is 5.10 Å². The predicted molar refractivity (Wildman–Crippen MR) is 50.3 cm³/mol. The van der Waals surface area contributed by atoms with Crippen molar-refractivity contribution in [2.75, 3.05) is 12.0 Å². The molecule has 1 rings (SSSR count). The third kappa shape index (κ3) is 3.16. The van der Waals surface area contributed by atoms with Crippen molar-refractivity contribution in [2.45, 2.75) is 6.42 Å². The van der Waals surface area contributed by atoms with Gasteiger partial charge in [0.2, 0.25) is 0 Å². The van der Waals surface area contributed by atoms with Gasteiger partial charge in [0.1, 0.15) is 0 Å². The van der Waals surface area contributed by atoms with Crippen LogP contribution >= 0.6 is 0 Å². The van der Waals surface area contributed by atoms with Gasteiger partial charge in [0.05, 0.1) is 5.69 Å². The van der Waals surface area contributed by atoms with Gasteiger partial charge in [0.15, 0.2) is 0 Å². The molecule has 0 aliphatic heterocycles. The molecule has 0 atom stereocenters. The van der Waals surface area contributed by atoms with Crippen LogP contribution < -0.4 is 5.43 Å². The fraction of sp³-hybridized carbons (Fsp3) is 0.222. The Labute approximate surface area is 71.7 Å². The molecule has 0 amide bonds. The molecule has 0 aliphatic rings. The third-order valence-corrected chi connectivity index (χ3v) is 1.32. The van der Waals surface area contributed by atoms with Gasteiger partial charge in [-0.15, -0.1) is 0 Å². The Morgan fingerprint density at radius 2 is 2.08 bits per heavy atom. The number of hydrogen-bond donors (Lipinski definition) is 2. The lowest BCUT2D eigenvalue weighted by Gasteiger charge is -1.96. The maximum absolute atomic E-state index is 8.44. The lowest BCUT2D eigenvalue weighted by Crippen LogP contribution is -1.90. The second-order valence-corrected chi connectivity index (χ2v) is 2.30. The van der Waals surface area contributed by atoms with Crippen molar-refractivity contribution in [1.82, 2.24) is 0 Å². The molecule has 0 aromatic heterocycles. The van der Waals surface area contributed by atoms with Gasteiger partial charge in [0.25, 0.3) is 0 Å². The molecule has 2 N–H and O–H groups in total. The van der Waals surface area contributed by atoms with Crippen molar-refractivity contribution in [3.8, 4) is 0 Å². The van der Waals surface area contributed by atoms with Gasteiger partial charge in [-0.05, 0) is 12.1 Å². The zero-order valence-electron chi connectivity index (χ0n) is 6.77. The van der Waals surface area contributed by atoms with Crippen LogP contribution in [0.25, 0.3) is 0 Å². The maximum Gasteiger partial charge on any atom is 0.0561 e. The highest BCUT2D eigenvalue weighted by atomic mass is 16.2. The highest BCUT2D eigenvalue weighted by molar-refractivity contribution is 5.59. The summed E-state index contributed by atoms with van der Waals surface area (Å²) >= 11 is 0. The van der Waals surface area contributed by atoms with E-state index < -0.39 is 0 Å².